The van der Waals surface area contributed by atoms with E-state index in [1.54, 1.807) is 0 Å². The van der Waals surface area contributed by atoms with E-state index in [0.717, 1.165) is 23.9 Å². The number of ether oxygens (including phenoxy) is 1. The van der Waals surface area contributed by atoms with Crippen molar-refractivity contribution in [3.63, 3.8) is 0 Å². The minimum Gasteiger partial charge on any atom is -0.466 e. The van der Waals surface area contributed by atoms with E-state index >= 15 is 0 Å². The molecule has 0 spiro atoms. The van der Waals surface area contributed by atoms with Crippen LogP contribution >= 0.6 is 0 Å². The fourth-order valence-electron chi connectivity index (χ4n) is 4.08. The average Bonchev–Trinajstić information content (AvgIpc) is 2.88. The maximum Gasteiger partial charge on any atom is 0.494 e. The highest BCUT2D eigenvalue weighted by Gasteiger charge is 2.51. The van der Waals surface area contributed by atoms with Gasteiger partial charge in [0.2, 0.25) is 0 Å². The lowest BCUT2D eigenvalue weighted by molar-refractivity contribution is -0.142. The van der Waals surface area contributed by atoms with Crippen molar-refractivity contribution in [2.75, 3.05) is 6.61 Å². The smallest absolute Gasteiger partial charge is 0.466 e. The van der Waals surface area contributed by atoms with Crippen LogP contribution in [0.25, 0.3) is 11.1 Å². The summed E-state index contributed by atoms with van der Waals surface area (Å²) in [6.45, 7) is 10.6. The monoisotopic (exact) mass is 392 g/mol. The molecular weight excluding hydrogens is 363 g/mol. The summed E-state index contributed by atoms with van der Waals surface area (Å²) in [7, 11) is -0.335. The standard InChI is InChI=1S/C24H29BO4/c1-6-27-22(26)14-16-7-11-20-17(13-16)8-9-18-15-19(10-12-21(18)20)25-28-23(2,3)24(4,5)29-25/h7,10-13,15H,6,8-9,14H2,1-5H3. The van der Waals surface area contributed by atoms with Crippen molar-refractivity contribution in [2.24, 2.45) is 0 Å². The van der Waals surface area contributed by atoms with Gasteiger partial charge in [-0.2, -0.15) is 0 Å². The molecule has 2 aromatic carbocycles. The van der Waals surface area contributed by atoms with Gasteiger partial charge in [-0.25, -0.2) is 0 Å². The summed E-state index contributed by atoms with van der Waals surface area (Å²) >= 11 is 0. The van der Waals surface area contributed by atoms with E-state index in [1.165, 1.54) is 22.3 Å². The molecule has 0 radical (unpaired) electrons. The first-order valence-electron chi connectivity index (χ1n) is 10.5. The van der Waals surface area contributed by atoms with Crippen molar-refractivity contribution >= 4 is 18.6 Å². The Balaban J connectivity index is 1.59. The van der Waals surface area contributed by atoms with Crippen molar-refractivity contribution in [3.8, 4) is 11.1 Å². The Kier molecular flexibility index (Phi) is 5.08. The van der Waals surface area contributed by atoms with Gasteiger partial charge in [0.05, 0.1) is 24.2 Å². The van der Waals surface area contributed by atoms with E-state index in [4.69, 9.17) is 14.0 Å². The van der Waals surface area contributed by atoms with Crippen LogP contribution in [0.5, 0.6) is 0 Å². The summed E-state index contributed by atoms with van der Waals surface area (Å²) in [4.78, 5) is 11.8. The van der Waals surface area contributed by atoms with Crippen molar-refractivity contribution in [1.82, 2.24) is 0 Å². The van der Waals surface area contributed by atoms with Crippen LogP contribution in [0.2, 0.25) is 0 Å². The molecule has 0 saturated carbocycles. The highest BCUT2D eigenvalue weighted by atomic mass is 16.7. The molecule has 0 bridgehead atoms. The van der Waals surface area contributed by atoms with Gasteiger partial charge in [-0.15, -0.1) is 0 Å². The fraction of sp³-hybridized carbons (Fsp3) is 0.458. The molecule has 2 aliphatic rings. The van der Waals surface area contributed by atoms with Crippen LogP contribution in [0.1, 0.15) is 51.3 Å². The Morgan fingerprint density at radius 2 is 1.55 bits per heavy atom. The summed E-state index contributed by atoms with van der Waals surface area (Å²) in [5.74, 6) is -0.171. The maximum absolute atomic E-state index is 11.8. The van der Waals surface area contributed by atoms with E-state index in [0.29, 0.717) is 13.0 Å². The van der Waals surface area contributed by atoms with E-state index < -0.39 is 0 Å². The number of carbonyl (C=O) groups excluding carboxylic acids is 1. The molecule has 1 aliphatic carbocycles. The maximum atomic E-state index is 11.8. The number of carbonyl (C=O) groups is 1. The number of esters is 1. The number of benzene rings is 2. The topological polar surface area (TPSA) is 44.8 Å². The molecule has 1 aliphatic heterocycles. The summed E-state index contributed by atoms with van der Waals surface area (Å²) < 4.78 is 17.5. The summed E-state index contributed by atoms with van der Waals surface area (Å²) in [5, 5.41) is 0. The number of hydrogen-bond acceptors (Lipinski definition) is 4. The quantitative estimate of drug-likeness (QED) is 0.586. The van der Waals surface area contributed by atoms with Crippen molar-refractivity contribution < 1.29 is 18.8 Å². The van der Waals surface area contributed by atoms with Gasteiger partial charge in [0.25, 0.3) is 0 Å². The number of aryl methyl sites for hydroxylation is 2. The lowest BCUT2D eigenvalue weighted by atomic mass is 9.75. The summed E-state index contributed by atoms with van der Waals surface area (Å²) in [6.07, 6.45) is 2.26. The van der Waals surface area contributed by atoms with Crippen LogP contribution in [0.3, 0.4) is 0 Å². The Morgan fingerprint density at radius 3 is 2.17 bits per heavy atom. The van der Waals surface area contributed by atoms with Crippen molar-refractivity contribution in [2.45, 2.75) is 65.1 Å². The molecule has 0 aromatic heterocycles. The lowest BCUT2D eigenvalue weighted by Crippen LogP contribution is -2.41. The fourth-order valence-corrected chi connectivity index (χ4v) is 4.08. The van der Waals surface area contributed by atoms with Crippen LogP contribution < -0.4 is 5.46 Å². The first-order valence-corrected chi connectivity index (χ1v) is 10.5. The largest absolute Gasteiger partial charge is 0.494 e. The highest BCUT2D eigenvalue weighted by molar-refractivity contribution is 6.62. The molecule has 29 heavy (non-hydrogen) atoms. The van der Waals surface area contributed by atoms with Gasteiger partial charge in [-0.1, -0.05) is 36.4 Å². The second kappa shape index (κ2) is 7.30. The van der Waals surface area contributed by atoms with Gasteiger partial charge in [0, 0.05) is 0 Å². The highest BCUT2D eigenvalue weighted by Crippen LogP contribution is 2.38. The summed E-state index contributed by atoms with van der Waals surface area (Å²) in [6, 6.07) is 12.8. The normalized spacial score (nSPS) is 18.9. The average molecular weight is 392 g/mol. The number of hydrogen-bond donors (Lipinski definition) is 0. The Bertz CT molecular complexity index is 932. The SMILES string of the molecule is CCOC(=O)Cc1ccc2c(c1)CCc1cc(B3OC(C)(C)C(C)(C)O3)ccc1-2. The third kappa shape index (κ3) is 3.74. The van der Waals surface area contributed by atoms with Crippen LogP contribution in [0, 0.1) is 0 Å². The zero-order valence-electron chi connectivity index (χ0n) is 18.0. The lowest BCUT2D eigenvalue weighted by Gasteiger charge is -2.32. The molecule has 0 amide bonds. The van der Waals surface area contributed by atoms with Crippen LogP contribution in [0.4, 0.5) is 0 Å². The predicted octanol–water partition coefficient (Wildman–Crippen LogP) is 3.86. The van der Waals surface area contributed by atoms with Crippen LogP contribution in [-0.2, 0) is 38.1 Å². The Hall–Kier alpha value is -2.11. The molecule has 0 unspecified atom stereocenters. The first-order chi connectivity index (χ1) is 13.7. The molecule has 2 aromatic rings. The zero-order chi connectivity index (χ0) is 20.8. The molecule has 5 heteroatoms. The Morgan fingerprint density at radius 1 is 0.966 bits per heavy atom. The zero-order valence-corrected chi connectivity index (χ0v) is 18.0. The van der Waals surface area contributed by atoms with Crippen LogP contribution in [-0.4, -0.2) is 30.9 Å². The third-order valence-electron chi connectivity index (χ3n) is 6.43. The minimum absolute atomic E-state index is 0.171. The molecule has 1 fully saturated rings. The molecule has 1 saturated heterocycles. The van der Waals surface area contributed by atoms with E-state index in [-0.39, 0.29) is 24.3 Å². The Labute approximate surface area is 173 Å². The molecule has 1 heterocycles. The molecular formula is C24H29BO4. The van der Waals surface area contributed by atoms with E-state index in [1.807, 2.05) is 13.0 Å². The molecule has 152 valence electrons. The second-order valence-corrected chi connectivity index (χ2v) is 8.98. The minimum atomic E-state index is -0.338. The van der Waals surface area contributed by atoms with Gasteiger partial charge < -0.3 is 14.0 Å². The predicted molar refractivity (Wildman–Crippen MR) is 115 cm³/mol. The number of fused-ring (bicyclic) bond motifs is 3. The van der Waals surface area contributed by atoms with E-state index in [9.17, 15) is 4.79 Å². The van der Waals surface area contributed by atoms with Gasteiger partial charge in [-0.05, 0) is 80.7 Å². The summed E-state index contributed by atoms with van der Waals surface area (Å²) in [5.41, 5.74) is 6.54. The third-order valence-corrected chi connectivity index (χ3v) is 6.43. The van der Waals surface area contributed by atoms with Crippen molar-refractivity contribution in [3.05, 3.63) is 53.1 Å². The number of rotatable bonds is 4. The van der Waals surface area contributed by atoms with Crippen LogP contribution in [0.15, 0.2) is 36.4 Å². The first kappa shape index (κ1) is 20.2. The molecule has 0 N–H and O–H groups in total. The van der Waals surface area contributed by atoms with Gasteiger partial charge >= 0.3 is 13.1 Å². The van der Waals surface area contributed by atoms with Gasteiger partial charge in [0.15, 0.2) is 0 Å². The van der Waals surface area contributed by atoms with Gasteiger partial charge in [0.1, 0.15) is 0 Å². The van der Waals surface area contributed by atoms with Crippen molar-refractivity contribution in [1.29, 1.82) is 0 Å². The van der Waals surface area contributed by atoms with E-state index in [2.05, 4.69) is 58.0 Å². The molecule has 4 rings (SSSR count). The molecule has 0 atom stereocenters. The second-order valence-electron chi connectivity index (χ2n) is 8.98. The van der Waals surface area contributed by atoms with Gasteiger partial charge in [-0.3, -0.25) is 4.79 Å². The molecule has 4 nitrogen and oxygen atoms in total.